The summed E-state index contributed by atoms with van der Waals surface area (Å²) in [6, 6.07) is 19.1. The van der Waals surface area contributed by atoms with E-state index in [-0.39, 0.29) is 24.5 Å². The lowest BCUT2D eigenvalue weighted by atomic mass is 10.1. The van der Waals surface area contributed by atoms with E-state index < -0.39 is 0 Å². The van der Waals surface area contributed by atoms with Crippen LogP contribution in [-0.4, -0.2) is 18.2 Å². The maximum Gasteiger partial charge on any atom is 0.220 e. The smallest absolute Gasteiger partial charge is 0.220 e. The first kappa shape index (κ1) is 15.0. The normalized spacial score (nSPS) is 10.1. The van der Waals surface area contributed by atoms with Gasteiger partial charge < -0.3 is 5.32 Å². The van der Waals surface area contributed by atoms with Crippen LogP contribution in [0, 0.1) is 0 Å². The second-order valence-electron chi connectivity index (χ2n) is 4.87. The highest BCUT2D eigenvalue weighted by Gasteiger charge is 2.08. The first-order valence-corrected chi connectivity index (χ1v) is 7.14. The molecule has 108 valence electrons. The van der Waals surface area contributed by atoms with Crippen LogP contribution >= 0.6 is 0 Å². The van der Waals surface area contributed by atoms with Crippen LogP contribution in [-0.2, 0) is 11.2 Å². The molecule has 0 saturated carbocycles. The number of nitrogens with one attached hydrogen (secondary N) is 1. The van der Waals surface area contributed by atoms with E-state index >= 15 is 0 Å². The van der Waals surface area contributed by atoms with Gasteiger partial charge in [0.25, 0.3) is 0 Å². The summed E-state index contributed by atoms with van der Waals surface area (Å²) in [6.45, 7) is 0.600. The molecule has 2 aromatic rings. The number of benzene rings is 2. The molecular formula is C18H19NO2. The summed E-state index contributed by atoms with van der Waals surface area (Å²) in [5, 5.41) is 2.85. The highest BCUT2D eigenvalue weighted by atomic mass is 16.2. The molecule has 1 N–H and O–H groups in total. The number of ketones is 1. The van der Waals surface area contributed by atoms with Gasteiger partial charge in [0, 0.05) is 24.9 Å². The zero-order valence-corrected chi connectivity index (χ0v) is 11.9. The summed E-state index contributed by atoms with van der Waals surface area (Å²) >= 11 is 0. The minimum atomic E-state index is -0.0739. The van der Waals surface area contributed by atoms with Crippen LogP contribution in [0.1, 0.15) is 28.8 Å². The van der Waals surface area contributed by atoms with Crippen LogP contribution in [0.3, 0.4) is 0 Å². The van der Waals surface area contributed by atoms with Crippen molar-refractivity contribution in [3.8, 4) is 0 Å². The van der Waals surface area contributed by atoms with Gasteiger partial charge in [-0.15, -0.1) is 0 Å². The molecule has 1 amide bonds. The molecule has 3 heteroatoms. The SMILES string of the molecule is O=C(CCC(=O)c1ccccc1)NCCc1ccccc1. The van der Waals surface area contributed by atoms with Gasteiger partial charge in [0.1, 0.15) is 0 Å². The Labute approximate surface area is 125 Å². The predicted octanol–water partition coefficient (Wildman–Crippen LogP) is 3.01. The molecular weight excluding hydrogens is 262 g/mol. The summed E-state index contributed by atoms with van der Waals surface area (Å²) in [6.07, 6.45) is 1.29. The number of Topliss-reactive ketones (excluding diaryl/α,β-unsaturated/α-hetero) is 1. The monoisotopic (exact) mass is 281 g/mol. The Morgan fingerprint density at radius 1 is 0.810 bits per heavy atom. The summed E-state index contributed by atoms with van der Waals surface area (Å²) in [7, 11) is 0. The van der Waals surface area contributed by atoms with E-state index in [2.05, 4.69) is 5.32 Å². The number of rotatable bonds is 7. The Kier molecular flexibility index (Phi) is 5.71. The van der Waals surface area contributed by atoms with Crippen LogP contribution in [0.2, 0.25) is 0 Å². The fraction of sp³-hybridized carbons (Fsp3) is 0.222. The van der Waals surface area contributed by atoms with Crippen molar-refractivity contribution >= 4 is 11.7 Å². The molecule has 0 heterocycles. The van der Waals surface area contributed by atoms with Crippen molar-refractivity contribution < 1.29 is 9.59 Å². The van der Waals surface area contributed by atoms with Crippen molar-refractivity contribution in [2.45, 2.75) is 19.3 Å². The van der Waals surface area contributed by atoms with Gasteiger partial charge in [-0.3, -0.25) is 9.59 Å². The van der Waals surface area contributed by atoms with Gasteiger partial charge in [0.15, 0.2) is 5.78 Å². The number of carbonyl (C=O) groups excluding carboxylic acids is 2. The highest BCUT2D eigenvalue weighted by Crippen LogP contribution is 2.05. The van der Waals surface area contributed by atoms with Crippen molar-refractivity contribution in [2.75, 3.05) is 6.54 Å². The largest absolute Gasteiger partial charge is 0.356 e. The second-order valence-corrected chi connectivity index (χ2v) is 4.87. The quantitative estimate of drug-likeness (QED) is 0.793. The summed E-state index contributed by atoms with van der Waals surface area (Å²) in [4.78, 5) is 23.6. The lowest BCUT2D eigenvalue weighted by Gasteiger charge is -2.05. The molecule has 21 heavy (non-hydrogen) atoms. The Morgan fingerprint density at radius 2 is 1.43 bits per heavy atom. The highest BCUT2D eigenvalue weighted by molar-refractivity contribution is 5.97. The molecule has 0 bridgehead atoms. The van der Waals surface area contributed by atoms with Gasteiger partial charge >= 0.3 is 0 Å². The first-order chi connectivity index (χ1) is 10.3. The zero-order valence-electron chi connectivity index (χ0n) is 11.9. The number of amides is 1. The topological polar surface area (TPSA) is 46.2 Å². The Balaban J connectivity index is 1.67. The Bertz CT molecular complexity index is 579. The van der Waals surface area contributed by atoms with Crippen LogP contribution < -0.4 is 5.32 Å². The van der Waals surface area contributed by atoms with Crippen molar-refractivity contribution in [1.82, 2.24) is 5.32 Å². The van der Waals surface area contributed by atoms with Gasteiger partial charge in [0.05, 0.1) is 0 Å². The van der Waals surface area contributed by atoms with Gasteiger partial charge in [-0.05, 0) is 12.0 Å². The maximum atomic E-state index is 11.9. The van der Waals surface area contributed by atoms with E-state index in [0.717, 1.165) is 6.42 Å². The molecule has 0 atom stereocenters. The Hall–Kier alpha value is -2.42. The fourth-order valence-electron chi connectivity index (χ4n) is 2.07. The number of hydrogen-bond acceptors (Lipinski definition) is 2. The molecule has 0 aromatic heterocycles. The molecule has 2 aromatic carbocycles. The third-order valence-corrected chi connectivity index (χ3v) is 3.25. The van der Waals surface area contributed by atoms with Gasteiger partial charge in [0.2, 0.25) is 5.91 Å². The second kappa shape index (κ2) is 8.00. The summed E-state index contributed by atoms with van der Waals surface area (Å²) < 4.78 is 0. The van der Waals surface area contributed by atoms with E-state index in [1.807, 2.05) is 48.5 Å². The van der Waals surface area contributed by atoms with Crippen molar-refractivity contribution in [3.63, 3.8) is 0 Å². The molecule has 0 aliphatic rings. The zero-order chi connectivity index (χ0) is 14.9. The lowest BCUT2D eigenvalue weighted by molar-refractivity contribution is -0.121. The molecule has 0 aliphatic carbocycles. The van der Waals surface area contributed by atoms with E-state index in [4.69, 9.17) is 0 Å². The average Bonchev–Trinajstić information content (AvgIpc) is 2.54. The third-order valence-electron chi connectivity index (χ3n) is 3.25. The van der Waals surface area contributed by atoms with Gasteiger partial charge in [-0.1, -0.05) is 60.7 Å². The maximum absolute atomic E-state index is 11.9. The molecule has 2 rings (SSSR count). The summed E-state index contributed by atoms with van der Waals surface area (Å²) in [5.41, 5.74) is 1.85. The molecule has 0 radical (unpaired) electrons. The Morgan fingerprint density at radius 3 is 2.10 bits per heavy atom. The van der Waals surface area contributed by atoms with Crippen molar-refractivity contribution in [3.05, 3.63) is 71.8 Å². The molecule has 3 nitrogen and oxygen atoms in total. The number of carbonyl (C=O) groups is 2. The third kappa shape index (κ3) is 5.22. The summed E-state index contributed by atoms with van der Waals surface area (Å²) in [5.74, 6) is -0.0657. The minimum Gasteiger partial charge on any atom is -0.356 e. The van der Waals surface area contributed by atoms with Crippen LogP contribution in [0.25, 0.3) is 0 Å². The molecule has 0 unspecified atom stereocenters. The van der Waals surface area contributed by atoms with Crippen molar-refractivity contribution in [2.24, 2.45) is 0 Å². The molecule has 0 spiro atoms. The van der Waals surface area contributed by atoms with E-state index in [1.54, 1.807) is 12.1 Å². The number of hydrogen-bond donors (Lipinski definition) is 1. The predicted molar refractivity (Wildman–Crippen MR) is 83.2 cm³/mol. The fourth-order valence-corrected chi connectivity index (χ4v) is 2.07. The standard InChI is InChI=1S/C18H19NO2/c20-17(16-9-5-2-6-10-16)11-12-18(21)19-14-13-15-7-3-1-4-8-15/h1-10H,11-14H2,(H,19,21). The average molecular weight is 281 g/mol. The minimum absolute atomic E-state index is 0.00816. The van der Waals surface area contributed by atoms with Crippen LogP contribution in [0.4, 0.5) is 0 Å². The van der Waals surface area contributed by atoms with E-state index in [9.17, 15) is 9.59 Å². The van der Waals surface area contributed by atoms with Gasteiger partial charge in [-0.25, -0.2) is 0 Å². The van der Waals surface area contributed by atoms with E-state index in [1.165, 1.54) is 5.56 Å². The van der Waals surface area contributed by atoms with Crippen LogP contribution in [0.15, 0.2) is 60.7 Å². The van der Waals surface area contributed by atoms with Crippen molar-refractivity contribution in [1.29, 1.82) is 0 Å². The van der Waals surface area contributed by atoms with E-state index in [0.29, 0.717) is 12.1 Å². The molecule has 0 fully saturated rings. The molecule has 0 aliphatic heterocycles. The first-order valence-electron chi connectivity index (χ1n) is 7.14. The van der Waals surface area contributed by atoms with Gasteiger partial charge in [-0.2, -0.15) is 0 Å². The lowest BCUT2D eigenvalue weighted by Crippen LogP contribution is -2.26. The van der Waals surface area contributed by atoms with Crippen LogP contribution in [0.5, 0.6) is 0 Å². The molecule has 0 saturated heterocycles.